The second-order valence-corrected chi connectivity index (χ2v) is 2.89. The van der Waals surface area contributed by atoms with Gasteiger partial charge in [-0.15, -0.1) is 12.6 Å². The molecule has 3 N–H and O–H groups in total. The van der Waals surface area contributed by atoms with Crippen LogP contribution in [0.3, 0.4) is 0 Å². The number of thiol groups is 1. The largest absolute Gasteiger partial charge is 0.437 e. The van der Waals surface area contributed by atoms with Crippen molar-refractivity contribution in [1.82, 2.24) is 0 Å². The van der Waals surface area contributed by atoms with Gasteiger partial charge in [0, 0.05) is 5.82 Å². The lowest BCUT2D eigenvalue weighted by atomic mass is 9.66. The van der Waals surface area contributed by atoms with Gasteiger partial charge in [-0.1, -0.05) is 18.2 Å². The molecule has 1 rings (SSSR count). The van der Waals surface area contributed by atoms with Gasteiger partial charge >= 0.3 is 7.05 Å². The lowest BCUT2D eigenvalue weighted by Gasteiger charge is -2.13. The van der Waals surface area contributed by atoms with Crippen LogP contribution in [0.25, 0.3) is 0 Å². The van der Waals surface area contributed by atoms with E-state index in [9.17, 15) is 0 Å². The SMILES string of the molecule is NB(O)C1C=CC(S)=CC1. The molecule has 1 atom stereocenters. The van der Waals surface area contributed by atoms with Gasteiger partial charge in [-0.05, 0) is 11.3 Å². The molecule has 0 aliphatic heterocycles. The summed E-state index contributed by atoms with van der Waals surface area (Å²) in [4.78, 5) is 0.942. The zero-order valence-electron chi connectivity index (χ0n) is 5.57. The molecule has 0 heterocycles. The van der Waals surface area contributed by atoms with Crippen LogP contribution >= 0.6 is 12.6 Å². The minimum absolute atomic E-state index is 0.0656. The molecule has 54 valence electrons. The first-order valence-electron chi connectivity index (χ1n) is 3.21. The maximum Gasteiger partial charge on any atom is 0.381 e. The normalized spacial score (nSPS) is 24.3. The van der Waals surface area contributed by atoms with Gasteiger partial charge in [0.1, 0.15) is 0 Å². The molecular weight excluding hydrogens is 145 g/mol. The third kappa shape index (κ3) is 1.90. The van der Waals surface area contributed by atoms with E-state index in [1.807, 2.05) is 18.2 Å². The molecule has 0 aromatic carbocycles. The maximum absolute atomic E-state index is 8.94. The quantitative estimate of drug-likeness (QED) is 0.383. The Bertz CT molecular complexity index is 179. The molecule has 1 unspecified atom stereocenters. The predicted octanol–water partition coefficient (Wildman–Crippen LogP) is 0.569. The number of allylic oxidation sites excluding steroid dienone is 3. The zero-order valence-corrected chi connectivity index (χ0v) is 6.46. The second-order valence-electron chi connectivity index (χ2n) is 2.38. The fourth-order valence-electron chi connectivity index (χ4n) is 0.879. The Morgan fingerprint density at radius 1 is 1.80 bits per heavy atom. The monoisotopic (exact) mass is 155 g/mol. The maximum atomic E-state index is 8.94. The van der Waals surface area contributed by atoms with Gasteiger partial charge in [-0.25, -0.2) is 0 Å². The van der Waals surface area contributed by atoms with Crippen molar-refractivity contribution in [3.8, 4) is 0 Å². The molecule has 0 aromatic rings. The van der Waals surface area contributed by atoms with E-state index in [0.29, 0.717) is 0 Å². The van der Waals surface area contributed by atoms with E-state index in [1.54, 1.807) is 0 Å². The summed E-state index contributed by atoms with van der Waals surface area (Å²) in [5.41, 5.74) is 5.26. The summed E-state index contributed by atoms with van der Waals surface area (Å²) < 4.78 is 0. The fourth-order valence-corrected chi connectivity index (χ4v) is 1.07. The van der Waals surface area contributed by atoms with Crippen molar-refractivity contribution >= 4 is 19.7 Å². The molecule has 1 aliphatic carbocycles. The summed E-state index contributed by atoms with van der Waals surface area (Å²) in [5, 5.41) is 8.94. The van der Waals surface area contributed by atoms with E-state index in [-0.39, 0.29) is 5.82 Å². The van der Waals surface area contributed by atoms with Crippen molar-refractivity contribution in [3.05, 3.63) is 23.1 Å². The van der Waals surface area contributed by atoms with Crippen molar-refractivity contribution in [2.75, 3.05) is 0 Å². The Kier molecular flexibility index (Phi) is 2.60. The molecule has 0 bridgehead atoms. The Labute approximate surface area is 66.3 Å². The van der Waals surface area contributed by atoms with Gasteiger partial charge in [0.2, 0.25) is 0 Å². The number of rotatable bonds is 1. The van der Waals surface area contributed by atoms with Crippen molar-refractivity contribution < 1.29 is 5.02 Å². The molecular formula is C6H10BNOS. The summed E-state index contributed by atoms with van der Waals surface area (Å²) in [7, 11) is -0.742. The van der Waals surface area contributed by atoms with Crippen LogP contribution in [0, 0.1) is 0 Å². The average molecular weight is 155 g/mol. The Morgan fingerprint density at radius 3 is 2.90 bits per heavy atom. The summed E-state index contributed by atoms with van der Waals surface area (Å²) in [6.07, 6.45) is 6.47. The summed E-state index contributed by atoms with van der Waals surface area (Å²) >= 11 is 4.12. The number of hydrogen-bond donors (Lipinski definition) is 3. The molecule has 0 spiro atoms. The van der Waals surface area contributed by atoms with Crippen LogP contribution in [0.5, 0.6) is 0 Å². The highest BCUT2D eigenvalue weighted by atomic mass is 32.1. The summed E-state index contributed by atoms with van der Waals surface area (Å²) in [6, 6.07) is 0. The molecule has 0 saturated heterocycles. The van der Waals surface area contributed by atoms with Gasteiger partial charge < -0.3 is 10.7 Å². The highest BCUT2D eigenvalue weighted by Gasteiger charge is 2.18. The smallest absolute Gasteiger partial charge is 0.381 e. The average Bonchev–Trinajstić information content (AvgIpc) is 1.88. The zero-order chi connectivity index (χ0) is 7.56. The van der Waals surface area contributed by atoms with Gasteiger partial charge in [-0.3, -0.25) is 0 Å². The van der Waals surface area contributed by atoms with E-state index >= 15 is 0 Å². The van der Waals surface area contributed by atoms with Crippen LogP contribution in [0.4, 0.5) is 0 Å². The Morgan fingerprint density at radius 2 is 2.50 bits per heavy atom. The number of hydrogen-bond acceptors (Lipinski definition) is 3. The van der Waals surface area contributed by atoms with Gasteiger partial charge in [0.05, 0.1) is 0 Å². The van der Waals surface area contributed by atoms with Gasteiger partial charge in [0.15, 0.2) is 0 Å². The van der Waals surface area contributed by atoms with Crippen molar-refractivity contribution in [2.24, 2.45) is 5.64 Å². The minimum Gasteiger partial charge on any atom is -0.437 e. The van der Waals surface area contributed by atoms with Crippen LogP contribution in [0.2, 0.25) is 5.82 Å². The standard InChI is InChI=1S/C6H10BNOS/c8-7(9)5-1-3-6(10)4-2-5/h1,3-5,9-10H,2,8H2. The van der Waals surface area contributed by atoms with Crippen LogP contribution in [0.1, 0.15) is 6.42 Å². The van der Waals surface area contributed by atoms with E-state index in [4.69, 9.17) is 10.7 Å². The third-order valence-electron chi connectivity index (χ3n) is 1.55. The molecule has 0 amide bonds. The van der Waals surface area contributed by atoms with Crippen LogP contribution < -0.4 is 5.64 Å². The highest BCUT2D eigenvalue weighted by molar-refractivity contribution is 7.84. The van der Waals surface area contributed by atoms with Crippen LogP contribution in [0.15, 0.2) is 23.1 Å². The summed E-state index contributed by atoms with van der Waals surface area (Å²) in [6.45, 7) is 0. The second kappa shape index (κ2) is 3.28. The van der Waals surface area contributed by atoms with E-state index in [0.717, 1.165) is 11.3 Å². The van der Waals surface area contributed by atoms with Gasteiger partial charge in [-0.2, -0.15) is 0 Å². The molecule has 10 heavy (non-hydrogen) atoms. The molecule has 4 heteroatoms. The molecule has 2 nitrogen and oxygen atoms in total. The first kappa shape index (κ1) is 7.92. The summed E-state index contributed by atoms with van der Waals surface area (Å²) in [5.74, 6) is 0.0656. The first-order valence-corrected chi connectivity index (χ1v) is 3.66. The van der Waals surface area contributed by atoms with Gasteiger partial charge in [0.25, 0.3) is 0 Å². The lowest BCUT2D eigenvalue weighted by molar-refractivity contribution is 0.556. The topological polar surface area (TPSA) is 46.2 Å². The van der Waals surface area contributed by atoms with E-state index in [2.05, 4.69) is 12.6 Å². The third-order valence-corrected chi connectivity index (χ3v) is 1.88. The predicted molar refractivity (Wildman–Crippen MR) is 46.7 cm³/mol. The molecule has 0 aromatic heterocycles. The van der Waals surface area contributed by atoms with Crippen LogP contribution in [-0.2, 0) is 0 Å². The minimum atomic E-state index is -0.742. The van der Waals surface area contributed by atoms with Crippen molar-refractivity contribution in [3.63, 3.8) is 0 Å². The molecule has 0 radical (unpaired) electrons. The first-order chi connectivity index (χ1) is 4.70. The Hall–Kier alpha value is -0.185. The highest BCUT2D eigenvalue weighted by Crippen LogP contribution is 2.22. The molecule has 0 fully saturated rings. The Balaban J connectivity index is 2.52. The van der Waals surface area contributed by atoms with Crippen LogP contribution in [-0.4, -0.2) is 12.1 Å². The molecule has 1 aliphatic rings. The van der Waals surface area contributed by atoms with E-state index in [1.165, 1.54) is 0 Å². The van der Waals surface area contributed by atoms with E-state index < -0.39 is 7.05 Å². The lowest BCUT2D eigenvalue weighted by Crippen LogP contribution is -2.30. The number of nitrogens with two attached hydrogens (primary N) is 1. The fraction of sp³-hybridized carbons (Fsp3) is 0.333. The molecule has 0 saturated carbocycles. The van der Waals surface area contributed by atoms with Crippen molar-refractivity contribution in [2.45, 2.75) is 12.2 Å². The van der Waals surface area contributed by atoms with Crippen molar-refractivity contribution in [1.29, 1.82) is 0 Å².